The SMILES string of the molecule is CC(C)CC1NC(=O)C(C2CC2)N(Cc2cccs2)C1=O. The first kappa shape index (κ1) is 14.6. The van der Waals surface area contributed by atoms with Crippen molar-refractivity contribution in [1.82, 2.24) is 10.2 Å². The van der Waals surface area contributed by atoms with Crippen molar-refractivity contribution in [3.8, 4) is 0 Å². The van der Waals surface area contributed by atoms with Gasteiger partial charge in [0.15, 0.2) is 0 Å². The molecule has 0 aromatic carbocycles. The second-order valence-corrected chi connectivity index (χ2v) is 7.55. The molecule has 2 amide bonds. The summed E-state index contributed by atoms with van der Waals surface area (Å²) < 4.78 is 0. The molecule has 1 N–H and O–H groups in total. The Kier molecular flexibility index (Phi) is 4.02. The molecule has 1 saturated carbocycles. The molecule has 5 heteroatoms. The second-order valence-electron chi connectivity index (χ2n) is 6.52. The van der Waals surface area contributed by atoms with E-state index in [2.05, 4.69) is 19.2 Å². The van der Waals surface area contributed by atoms with E-state index >= 15 is 0 Å². The van der Waals surface area contributed by atoms with E-state index in [4.69, 9.17) is 0 Å². The smallest absolute Gasteiger partial charge is 0.246 e. The third kappa shape index (κ3) is 3.12. The van der Waals surface area contributed by atoms with Crippen LogP contribution in [0, 0.1) is 11.8 Å². The molecule has 2 fully saturated rings. The number of thiophene rings is 1. The highest BCUT2D eigenvalue weighted by Gasteiger charge is 2.47. The van der Waals surface area contributed by atoms with Crippen LogP contribution >= 0.6 is 11.3 Å². The van der Waals surface area contributed by atoms with Crippen molar-refractivity contribution >= 4 is 23.2 Å². The molecular weight excluding hydrogens is 284 g/mol. The van der Waals surface area contributed by atoms with Crippen LogP contribution < -0.4 is 5.32 Å². The Morgan fingerprint density at radius 3 is 2.71 bits per heavy atom. The molecule has 21 heavy (non-hydrogen) atoms. The van der Waals surface area contributed by atoms with Gasteiger partial charge < -0.3 is 10.2 Å². The van der Waals surface area contributed by atoms with E-state index in [0.29, 0.717) is 24.8 Å². The van der Waals surface area contributed by atoms with Crippen molar-refractivity contribution in [2.24, 2.45) is 11.8 Å². The van der Waals surface area contributed by atoms with E-state index in [1.807, 2.05) is 22.4 Å². The van der Waals surface area contributed by atoms with Crippen LogP contribution in [0.3, 0.4) is 0 Å². The number of nitrogens with one attached hydrogen (secondary N) is 1. The average Bonchev–Trinajstić information content (AvgIpc) is 3.11. The van der Waals surface area contributed by atoms with Crippen molar-refractivity contribution in [3.63, 3.8) is 0 Å². The number of rotatable bonds is 5. The highest BCUT2D eigenvalue weighted by atomic mass is 32.1. The highest BCUT2D eigenvalue weighted by molar-refractivity contribution is 7.09. The van der Waals surface area contributed by atoms with Crippen molar-refractivity contribution in [2.75, 3.05) is 0 Å². The van der Waals surface area contributed by atoms with Crippen LogP contribution in [0.4, 0.5) is 0 Å². The lowest BCUT2D eigenvalue weighted by Crippen LogP contribution is -2.63. The van der Waals surface area contributed by atoms with Crippen LogP contribution in [-0.4, -0.2) is 28.8 Å². The molecule has 1 aliphatic heterocycles. The van der Waals surface area contributed by atoms with Crippen molar-refractivity contribution in [1.29, 1.82) is 0 Å². The van der Waals surface area contributed by atoms with Crippen molar-refractivity contribution in [2.45, 2.75) is 51.7 Å². The maximum Gasteiger partial charge on any atom is 0.246 e. The fourth-order valence-corrected chi connectivity index (χ4v) is 3.76. The lowest BCUT2D eigenvalue weighted by molar-refractivity contribution is -0.151. The fraction of sp³-hybridized carbons (Fsp3) is 0.625. The Morgan fingerprint density at radius 1 is 1.38 bits per heavy atom. The molecule has 0 bridgehead atoms. The average molecular weight is 306 g/mol. The second kappa shape index (κ2) is 5.79. The molecule has 2 aliphatic rings. The largest absolute Gasteiger partial charge is 0.342 e. The number of carbonyl (C=O) groups excluding carboxylic acids is 2. The molecule has 0 spiro atoms. The molecule has 2 atom stereocenters. The normalized spacial score (nSPS) is 26.3. The van der Waals surface area contributed by atoms with Gasteiger partial charge in [0.05, 0.1) is 6.54 Å². The summed E-state index contributed by atoms with van der Waals surface area (Å²) >= 11 is 1.64. The van der Waals surface area contributed by atoms with Crippen LogP contribution in [0.25, 0.3) is 0 Å². The zero-order chi connectivity index (χ0) is 15.0. The van der Waals surface area contributed by atoms with Gasteiger partial charge in [-0.2, -0.15) is 0 Å². The molecule has 2 heterocycles. The molecule has 0 radical (unpaired) electrons. The third-order valence-corrected chi connectivity index (χ3v) is 5.05. The summed E-state index contributed by atoms with van der Waals surface area (Å²) in [4.78, 5) is 28.2. The molecule has 4 nitrogen and oxygen atoms in total. The van der Waals surface area contributed by atoms with E-state index < -0.39 is 0 Å². The highest BCUT2D eigenvalue weighted by Crippen LogP contribution is 2.38. The van der Waals surface area contributed by atoms with Gasteiger partial charge in [-0.15, -0.1) is 11.3 Å². The van der Waals surface area contributed by atoms with Gasteiger partial charge in [0, 0.05) is 4.88 Å². The summed E-state index contributed by atoms with van der Waals surface area (Å²) in [7, 11) is 0. The first-order chi connectivity index (χ1) is 10.1. The van der Waals surface area contributed by atoms with Gasteiger partial charge in [-0.3, -0.25) is 9.59 Å². The van der Waals surface area contributed by atoms with Gasteiger partial charge in [-0.25, -0.2) is 0 Å². The predicted octanol–water partition coefficient (Wildman–Crippen LogP) is 2.40. The van der Waals surface area contributed by atoms with E-state index in [9.17, 15) is 9.59 Å². The minimum atomic E-state index is -0.354. The topological polar surface area (TPSA) is 49.4 Å². The van der Waals surface area contributed by atoms with Crippen molar-refractivity contribution in [3.05, 3.63) is 22.4 Å². The van der Waals surface area contributed by atoms with Crippen LogP contribution in [-0.2, 0) is 16.1 Å². The lowest BCUT2D eigenvalue weighted by atomic mass is 9.96. The molecule has 2 unspecified atom stereocenters. The Hall–Kier alpha value is -1.36. The van der Waals surface area contributed by atoms with Gasteiger partial charge in [-0.1, -0.05) is 19.9 Å². The van der Waals surface area contributed by atoms with E-state index in [0.717, 1.165) is 17.7 Å². The maximum atomic E-state index is 12.8. The standard InChI is InChI=1S/C16H22N2O2S/c1-10(2)8-13-16(20)18(9-12-4-3-7-21-12)14(11-5-6-11)15(19)17-13/h3-4,7,10-11,13-14H,5-6,8-9H2,1-2H3,(H,17,19). The molecule has 3 rings (SSSR count). The summed E-state index contributed by atoms with van der Waals surface area (Å²) in [5.41, 5.74) is 0. The maximum absolute atomic E-state index is 12.8. The molecule has 114 valence electrons. The summed E-state index contributed by atoms with van der Waals surface area (Å²) in [6, 6.07) is 3.41. The molecule has 1 aromatic rings. The quantitative estimate of drug-likeness (QED) is 0.908. The zero-order valence-corrected chi connectivity index (χ0v) is 13.4. The minimum absolute atomic E-state index is 0.0410. The first-order valence-electron chi connectivity index (χ1n) is 7.69. The Balaban J connectivity index is 1.81. The monoisotopic (exact) mass is 306 g/mol. The summed E-state index contributed by atoms with van der Waals surface area (Å²) in [6.07, 6.45) is 2.82. The number of piperazine rings is 1. The summed E-state index contributed by atoms with van der Waals surface area (Å²) in [5.74, 6) is 0.877. The number of hydrogen-bond acceptors (Lipinski definition) is 3. The fourth-order valence-electron chi connectivity index (χ4n) is 3.06. The van der Waals surface area contributed by atoms with Gasteiger partial charge in [0.1, 0.15) is 12.1 Å². The Morgan fingerprint density at radius 2 is 2.14 bits per heavy atom. The summed E-state index contributed by atoms with van der Waals surface area (Å²) in [5, 5.41) is 4.97. The van der Waals surface area contributed by atoms with Gasteiger partial charge in [0.2, 0.25) is 11.8 Å². The van der Waals surface area contributed by atoms with E-state index in [-0.39, 0.29) is 23.9 Å². The van der Waals surface area contributed by atoms with Crippen LogP contribution in [0.15, 0.2) is 17.5 Å². The predicted molar refractivity (Wildman–Crippen MR) is 82.8 cm³/mol. The Bertz CT molecular complexity index is 522. The van der Waals surface area contributed by atoms with Crippen LogP contribution in [0.5, 0.6) is 0 Å². The van der Waals surface area contributed by atoms with Gasteiger partial charge >= 0.3 is 0 Å². The minimum Gasteiger partial charge on any atom is -0.342 e. The number of hydrogen-bond donors (Lipinski definition) is 1. The Labute approximate surface area is 129 Å². The lowest BCUT2D eigenvalue weighted by Gasteiger charge is -2.39. The molecular formula is C16H22N2O2S. The van der Waals surface area contributed by atoms with E-state index in [1.165, 1.54) is 0 Å². The van der Waals surface area contributed by atoms with Crippen LogP contribution in [0.1, 0.15) is 38.0 Å². The first-order valence-corrected chi connectivity index (χ1v) is 8.57. The number of nitrogens with zero attached hydrogens (tertiary/aromatic N) is 1. The molecule has 1 aliphatic carbocycles. The van der Waals surface area contributed by atoms with Gasteiger partial charge in [0.25, 0.3) is 0 Å². The zero-order valence-electron chi connectivity index (χ0n) is 12.5. The van der Waals surface area contributed by atoms with E-state index in [1.54, 1.807) is 11.3 Å². The summed E-state index contributed by atoms with van der Waals surface area (Å²) in [6.45, 7) is 4.73. The number of carbonyl (C=O) groups is 2. The van der Waals surface area contributed by atoms with Gasteiger partial charge in [-0.05, 0) is 42.5 Å². The van der Waals surface area contributed by atoms with Crippen molar-refractivity contribution < 1.29 is 9.59 Å². The molecule has 1 aromatic heterocycles. The molecule has 1 saturated heterocycles. The van der Waals surface area contributed by atoms with Crippen LogP contribution in [0.2, 0.25) is 0 Å². The number of amides is 2. The third-order valence-electron chi connectivity index (χ3n) is 4.18.